The minimum atomic E-state index is -0.870. The molecule has 0 aliphatic heterocycles. The fraction of sp³-hybridized carbons (Fsp3) is 0.871. The van der Waals surface area contributed by atoms with E-state index < -0.39 is 11.9 Å². The number of hydrogen-bond donors (Lipinski definition) is 6. The second-order valence-electron chi connectivity index (χ2n) is 11.0. The van der Waals surface area contributed by atoms with E-state index in [2.05, 4.69) is 9.98 Å². The number of carboxylic acid groups (broad SMARTS) is 2. The van der Waals surface area contributed by atoms with Crippen LogP contribution < -0.4 is 0 Å². The molecule has 0 heterocycles. The van der Waals surface area contributed by atoms with Crippen LogP contribution in [0, 0.1) is 11.8 Å². The van der Waals surface area contributed by atoms with Gasteiger partial charge in [0.2, 0.25) is 12.2 Å². The van der Waals surface area contributed by atoms with Crippen LogP contribution in [0.5, 0.6) is 0 Å². The molecule has 12 nitrogen and oxygen atoms in total. The third-order valence-corrected chi connectivity index (χ3v) is 7.43. The van der Waals surface area contributed by atoms with Crippen molar-refractivity contribution in [2.45, 2.75) is 134 Å². The fourth-order valence-electron chi connectivity index (χ4n) is 4.99. The highest BCUT2D eigenvalue weighted by Crippen LogP contribution is 2.36. The van der Waals surface area contributed by atoms with Crippen LogP contribution in [-0.2, 0) is 19.2 Å². The number of aliphatic hydroxyl groups is 4. The summed E-state index contributed by atoms with van der Waals surface area (Å²) in [5.41, 5.74) is 0. The van der Waals surface area contributed by atoms with E-state index in [1.165, 1.54) is 32.1 Å². The first-order valence-corrected chi connectivity index (χ1v) is 15.8. The summed E-state index contributed by atoms with van der Waals surface area (Å²) in [6.07, 6.45) is 19.9. The van der Waals surface area contributed by atoms with Gasteiger partial charge >= 0.3 is 11.9 Å². The Hall–Kier alpha value is -2.46. The highest BCUT2D eigenvalue weighted by molar-refractivity contribution is 5.67. The number of nitrogens with zero attached hydrogens (tertiary/aromatic N) is 2. The molecular formula is C31H56N2O10. The predicted molar refractivity (Wildman–Crippen MR) is 162 cm³/mol. The summed E-state index contributed by atoms with van der Waals surface area (Å²) in [4.78, 5) is 47.9. The monoisotopic (exact) mass is 616 g/mol. The predicted octanol–water partition coefficient (Wildman–Crippen LogP) is 4.16. The number of unbranched alkanes of at least 4 members (excludes halogenated alkanes) is 5. The van der Waals surface area contributed by atoms with Gasteiger partial charge in [0, 0.05) is 39.3 Å². The molecule has 0 unspecified atom stereocenters. The van der Waals surface area contributed by atoms with Crippen LogP contribution >= 0.6 is 0 Å². The molecule has 0 spiro atoms. The minimum Gasteiger partial charge on any atom is -0.481 e. The first-order valence-electron chi connectivity index (χ1n) is 15.8. The molecule has 12 heteroatoms. The first kappa shape index (κ1) is 42.7. The van der Waals surface area contributed by atoms with E-state index in [1.807, 2.05) is 0 Å². The molecule has 2 saturated carbocycles. The number of isocyanates is 2. The van der Waals surface area contributed by atoms with Gasteiger partial charge in [0.1, 0.15) is 0 Å². The van der Waals surface area contributed by atoms with Crippen molar-refractivity contribution in [2.75, 3.05) is 26.4 Å². The number of hydrogen-bond acceptors (Lipinski definition) is 10. The maximum atomic E-state index is 10.2. The zero-order chi connectivity index (χ0) is 32.6. The van der Waals surface area contributed by atoms with Gasteiger partial charge in [-0.05, 0) is 108 Å². The van der Waals surface area contributed by atoms with Gasteiger partial charge in [0.15, 0.2) is 0 Å². The van der Waals surface area contributed by atoms with Crippen molar-refractivity contribution in [3.8, 4) is 0 Å². The van der Waals surface area contributed by atoms with Crippen molar-refractivity contribution in [3.63, 3.8) is 0 Å². The zero-order valence-corrected chi connectivity index (χ0v) is 25.8. The Morgan fingerprint density at radius 2 is 0.814 bits per heavy atom. The van der Waals surface area contributed by atoms with Gasteiger partial charge in [0.05, 0.1) is 12.1 Å². The highest BCUT2D eigenvalue weighted by atomic mass is 16.4. The van der Waals surface area contributed by atoms with E-state index in [0.717, 1.165) is 76.0 Å². The van der Waals surface area contributed by atoms with Crippen LogP contribution in [0.2, 0.25) is 0 Å². The van der Waals surface area contributed by atoms with E-state index in [0.29, 0.717) is 12.8 Å². The molecule has 2 rings (SSSR count). The summed E-state index contributed by atoms with van der Waals surface area (Å²) in [5.74, 6) is -0.140. The molecule has 6 N–H and O–H groups in total. The Balaban J connectivity index is 0. The molecule has 0 aromatic carbocycles. The average Bonchev–Trinajstić information content (AvgIpc) is 3.00. The Morgan fingerprint density at radius 3 is 1.07 bits per heavy atom. The number of aliphatic carboxylic acids is 2. The number of aliphatic imine (C=N–C) groups is 2. The number of rotatable bonds is 17. The normalized spacial score (nSPS) is 20.7. The summed E-state index contributed by atoms with van der Waals surface area (Å²) in [7, 11) is 0. The average molecular weight is 617 g/mol. The van der Waals surface area contributed by atoms with Crippen molar-refractivity contribution in [1.82, 2.24) is 0 Å². The molecule has 0 aromatic heterocycles. The Morgan fingerprint density at radius 1 is 0.512 bits per heavy atom. The Kier molecular flexibility index (Phi) is 32.2. The van der Waals surface area contributed by atoms with Crippen LogP contribution in [0.3, 0.4) is 0 Å². The van der Waals surface area contributed by atoms with E-state index in [-0.39, 0.29) is 51.4 Å². The van der Waals surface area contributed by atoms with Gasteiger partial charge in [0.25, 0.3) is 0 Å². The molecule has 2 fully saturated rings. The lowest BCUT2D eigenvalue weighted by atomic mass is 9.76. The summed E-state index contributed by atoms with van der Waals surface area (Å²) < 4.78 is 0. The molecule has 43 heavy (non-hydrogen) atoms. The van der Waals surface area contributed by atoms with Crippen LogP contribution in [0.15, 0.2) is 9.98 Å². The summed E-state index contributed by atoms with van der Waals surface area (Å²) in [6, 6.07) is 0.456. The molecule has 2 aliphatic carbocycles. The number of carbonyl (C=O) groups is 2. The van der Waals surface area contributed by atoms with Crippen molar-refractivity contribution in [2.24, 2.45) is 21.8 Å². The quantitative estimate of drug-likeness (QED) is 0.0779. The van der Waals surface area contributed by atoms with Crippen LogP contribution in [-0.4, -0.2) is 93.2 Å². The van der Waals surface area contributed by atoms with E-state index in [9.17, 15) is 19.2 Å². The highest BCUT2D eigenvalue weighted by Gasteiger charge is 2.26. The summed E-state index contributed by atoms with van der Waals surface area (Å²) in [5, 5.41) is 49.0. The third-order valence-electron chi connectivity index (χ3n) is 7.43. The van der Waals surface area contributed by atoms with Gasteiger partial charge in [-0.1, -0.05) is 12.8 Å². The lowest BCUT2D eigenvalue weighted by Gasteiger charge is -2.31. The molecule has 0 bridgehead atoms. The lowest BCUT2D eigenvalue weighted by Crippen LogP contribution is -2.23. The molecule has 250 valence electrons. The Labute approximate surface area is 256 Å². The van der Waals surface area contributed by atoms with Gasteiger partial charge in [-0.15, -0.1) is 0 Å². The second-order valence-corrected chi connectivity index (χ2v) is 11.0. The smallest absolute Gasteiger partial charge is 0.303 e. The van der Waals surface area contributed by atoms with Crippen molar-refractivity contribution >= 4 is 24.1 Å². The SMILES string of the molecule is O=C(O)CCCCC(=O)O.O=C=NC1CCC(CC2CCC(N=C=O)CC2)CC1.OCCCCCCO.OCCCCO. The zero-order valence-electron chi connectivity index (χ0n) is 25.8. The second kappa shape index (κ2) is 32.5. The molecule has 0 amide bonds. The maximum Gasteiger partial charge on any atom is 0.303 e. The van der Waals surface area contributed by atoms with Crippen molar-refractivity contribution in [1.29, 1.82) is 0 Å². The van der Waals surface area contributed by atoms with Crippen LogP contribution in [0.4, 0.5) is 0 Å². The van der Waals surface area contributed by atoms with Crippen LogP contribution in [0.25, 0.3) is 0 Å². The topological polar surface area (TPSA) is 214 Å². The molecule has 2 aliphatic rings. The number of aliphatic hydroxyl groups excluding tert-OH is 4. The van der Waals surface area contributed by atoms with E-state index in [4.69, 9.17) is 30.6 Å². The van der Waals surface area contributed by atoms with Gasteiger partial charge in [-0.25, -0.2) is 19.6 Å². The first-order chi connectivity index (χ1) is 20.8. The summed E-state index contributed by atoms with van der Waals surface area (Å²) >= 11 is 0. The number of carboxylic acids is 2. The van der Waals surface area contributed by atoms with E-state index >= 15 is 0 Å². The van der Waals surface area contributed by atoms with Gasteiger partial charge in [-0.3, -0.25) is 9.59 Å². The lowest BCUT2D eigenvalue weighted by molar-refractivity contribution is -0.139. The molecule has 0 atom stereocenters. The maximum absolute atomic E-state index is 10.2. The molecule has 0 aromatic rings. The third kappa shape index (κ3) is 30.8. The standard InChI is InChI=1S/C15H22N2O2.C6H10O4.C6H14O2.C4H10O2/c18-10-16-14-5-1-12(2-6-14)9-13-3-7-15(8-4-13)17-11-19;7-5(8)3-1-2-4-6(9)10;7-5-3-1-2-4-6-8;5-3-1-2-4-6/h12-15H,1-9H2;1-4H2,(H,7,8)(H,9,10);7-8H,1-6H2;5-6H,1-4H2. The molecule has 0 radical (unpaired) electrons. The molecule has 0 saturated heterocycles. The van der Waals surface area contributed by atoms with Gasteiger partial charge in [-0.2, -0.15) is 0 Å². The largest absolute Gasteiger partial charge is 0.481 e. The minimum absolute atomic E-state index is 0.0628. The van der Waals surface area contributed by atoms with E-state index in [1.54, 1.807) is 12.2 Å². The fourth-order valence-corrected chi connectivity index (χ4v) is 4.99. The molecular weight excluding hydrogens is 560 g/mol. The summed E-state index contributed by atoms with van der Waals surface area (Å²) in [6.45, 7) is 0.956. The van der Waals surface area contributed by atoms with Crippen molar-refractivity contribution < 1.29 is 49.8 Å². The number of carbonyl (C=O) groups excluding carboxylic acids is 2. The van der Waals surface area contributed by atoms with Crippen molar-refractivity contribution in [3.05, 3.63) is 0 Å². The Bertz CT molecular complexity index is 692. The van der Waals surface area contributed by atoms with Gasteiger partial charge < -0.3 is 30.6 Å². The van der Waals surface area contributed by atoms with Crippen LogP contribution in [0.1, 0.15) is 122 Å².